The highest BCUT2D eigenvalue weighted by atomic mass is 16.2. The van der Waals surface area contributed by atoms with Crippen molar-refractivity contribution in [1.29, 1.82) is 0 Å². The highest BCUT2D eigenvalue weighted by Crippen LogP contribution is 2.19. The van der Waals surface area contributed by atoms with Crippen LogP contribution in [0, 0.1) is 20.8 Å². The fourth-order valence-electron chi connectivity index (χ4n) is 3.42. The van der Waals surface area contributed by atoms with Gasteiger partial charge >= 0.3 is 0 Å². The number of carbonyl (C=O) groups is 2. The standard InChI is InChI=1S/C21H25N5O2/c1-13-7-5-6-8-16(13)11-25(4)18(27)10-9-17-14(2)24-21-19(20(22)28)23-12-26(21)15(17)3/h5-8,12H,9-11H2,1-4H3,(H2,22,28). The van der Waals surface area contributed by atoms with Crippen LogP contribution < -0.4 is 5.73 Å². The number of primary amides is 1. The maximum Gasteiger partial charge on any atom is 0.271 e. The highest BCUT2D eigenvalue weighted by Gasteiger charge is 2.18. The maximum atomic E-state index is 12.6. The van der Waals surface area contributed by atoms with Crippen LogP contribution in [-0.2, 0) is 17.8 Å². The number of rotatable bonds is 6. The average Bonchev–Trinajstić information content (AvgIpc) is 3.07. The lowest BCUT2D eigenvalue weighted by molar-refractivity contribution is -0.130. The van der Waals surface area contributed by atoms with E-state index in [9.17, 15) is 9.59 Å². The summed E-state index contributed by atoms with van der Waals surface area (Å²) in [5, 5.41) is 0. The van der Waals surface area contributed by atoms with Crippen LogP contribution in [0.4, 0.5) is 0 Å². The van der Waals surface area contributed by atoms with E-state index in [0.29, 0.717) is 25.0 Å². The Bertz CT molecular complexity index is 1050. The summed E-state index contributed by atoms with van der Waals surface area (Å²) in [7, 11) is 1.82. The fourth-order valence-corrected chi connectivity index (χ4v) is 3.42. The van der Waals surface area contributed by atoms with Crippen molar-refractivity contribution in [2.75, 3.05) is 7.05 Å². The van der Waals surface area contributed by atoms with Gasteiger partial charge in [0.05, 0.1) is 0 Å². The van der Waals surface area contributed by atoms with Gasteiger partial charge in [-0.3, -0.25) is 14.0 Å². The first-order valence-corrected chi connectivity index (χ1v) is 9.21. The molecule has 0 aliphatic carbocycles. The van der Waals surface area contributed by atoms with Gasteiger partial charge in [0.1, 0.15) is 6.33 Å². The second kappa shape index (κ2) is 7.80. The van der Waals surface area contributed by atoms with Crippen molar-refractivity contribution in [3.63, 3.8) is 0 Å². The molecule has 0 spiro atoms. The molecule has 7 nitrogen and oxygen atoms in total. The first kappa shape index (κ1) is 19.5. The van der Waals surface area contributed by atoms with Gasteiger partial charge in [-0.25, -0.2) is 9.97 Å². The van der Waals surface area contributed by atoms with Crippen LogP contribution in [0.3, 0.4) is 0 Å². The minimum atomic E-state index is -0.602. The third-order valence-electron chi connectivity index (χ3n) is 5.17. The van der Waals surface area contributed by atoms with Crippen LogP contribution in [0.2, 0.25) is 0 Å². The number of fused-ring (bicyclic) bond motifs is 1. The van der Waals surface area contributed by atoms with E-state index in [1.807, 2.05) is 52.1 Å². The van der Waals surface area contributed by atoms with Gasteiger partial charge in [-0.1, -0.05) is 24.3 Å². The molecular formula is C21H25N5O2. The number of aryl methyl sites for hydroxylation is 3. The van der Waals surface area contributed by atoms with Gasteiger partial charge in [0, 0.05) is 31.4 Å². The van der Waals surface area contributed by atoms with E-state index in [0.717, 1.165) is 22.5 Å². The van der Waals surface area contributed by atoms with Crippen molar-refractivity contribution in [2.45, 2.75) is 40.2 Å². The third kappa shape index (κ3) is 3.74. The normalized spacial score (nSPS) is 11.0. The predicted molar refractivity (Wildman–Crippen MR) is 107 cm³/mol. The van der Waals surface area contributed by atoms with Crippen molar-refractivity contribution in [3.8, 4) is 0 Å². The molecule has 2 N–H and O–H groups in total. The number of hydrogen-bond donors (Lipinski definition) is 1. The molecule has 0 saturated carbocycles. The second-order valence-corrected chi connectivity index (χ2v) is 7.09. The van der Waals surface area contributed by atoms with Crippen LogP contribution in [0.15, 0.2) is 30.6 Å². The molecule has 0 saturated heterocycles. The molecule has 146 valence electrons. The zero-order valence-corrected chi connectivity index (χ0v) is 16.7. The minimum absolute atomic E-state index is 0.0746. The number of carbonyl (C=O) groups excluding carboxylic acids is 2. The molecule has 3 aromatic rings. The van der Waals surface area contributed by atoms with Gasteiger partial charge in [0.15, 0.2) is 11.3 Å². The number of aromatic nitrogens is 3. The Labute approximate surface area is 164 Å². The molecule has 0 atom stereocenters. The van der Waals surface area contributed by atoms with Crippen molar-refractivity contribution in [2.24, 2.45) is 5.73 Å². The first-order valence-electron chi connectivity index (χ1n) is 9.21. The largest absolute Gasteiger partial charge is 0.364 e. The Morgan fingerprint density at radius 1 is 1.18 bits per heavy atom. The summed E-state index contributed by atoms with van der Waals surface area (Å²) in [6.45, 7) is 6.45. The Balaban J connectivity index is 1.75. The molecule has 2 heterocycles. The molecule has 0 radical (unpaired) electrons. The number of nitrogens with two attached hydrogens (primary N) is 1. The summed E-state index contributed by atoms with van der Waals surface area (Å²) in [4.78, 5) is 34.5. The smallest absolute Gasteiger partial charge is 0.271 e. The van der Waals surface area contributed by atoms with Gasteiger partial charge in [-0.15, -0.1) is 0 Å². The van der Waals surface area contributed by atoms with Crippen molar-refractivity contribution in [3.05, 3.63) is 64.4 Å². The molecule has 7 heteroatoms. The number of imidazole rings is 1. The zero-order valence-electron chi connectivity index (χ0n) is 16.7. The Morgan fingerprint density at radius 3 is 2.57 bits per heavy atom. The van der Waals surface area contributed by atoms with E-state index in [-0.39, 0.29) is 11.6 Å². The Hall–Kier alpha value is -3.22. The summed E-state index contributed by atoms with van der Waals surface area (Å²) in [6, 6.07) is 8.07. The van der Waals surface area contributed by atoms with Gasteiger partial charge in [-0.05, 0) is 43.9 Å². The van der Waals surface area contributed by atoms with Crippen molar-refractivity contribution < 1.29 is 9.59 Å². The molecule has 1 aromatic carbocycles. The molecule has 0 fully saturated rings. The monoisotopic (exact) mass is 379 g/mol. The first-order chi connectivity index (χ1) is 13.3. The average molecular weight is 379 g/mol. The minimum Gasteiger partial charge on any atom is -0.364 e. The maximum absolute atomic E-state index is 12.6. The van der Waals surface area contributed by atoms with E-state index >= 15 is 0 Å². The fraction of sp³-hybridized carbons (Fsp3) is 0.333. The lowest BCUT2D eigenvalue weighted by atomic mass is 10.1. The number of benzene rings is 1. The molecule has 0 unspecified atom stereocenters. The number of hydrogen-bond acceptors (Lipinski definition) is 4. The van der Waals surface area contributed by atoms with Crippen LogP contribution >= 0.6 is 0 Å². The highest BCUT2D eigenvalue weighted by molar-refractivity contribution is 5.96. The van der Waals surface area contributed by atoms with Gasteiger partial charge in [-0.2, -0.15) is 0 Å². The van der Waals surface area contributed by atoms with E-state index in [4.69, 9.17) is 5.73 Å². The van der Waals surface area contributed by atoms with Crippen molar-refractivity contribution >= 4 is 17.5 Å². The molecule has 0 aliphatic heterocycles. The topological polar surface area (TPSA) is 93.6 Å². The summed E-state index contributed by atoms with van der Waals surface area (Å²) < 4.78 is 1.75. The molecule has 0 bridgehead atoms. The van der Waals surface area contributed by atoms with Crippen LogP contribution in [0.5, 0.6) is 0 Å². The third-order valence-corrected chi connectivity index (χ3v) is 5.17. The van der Waals surface area contributed by atoms with Crippen LogP contribution in [-0.4, -0.2) is 38.1 Å². The lowest BCUT2D eigenvalue weighted by Gasteiger charge is -2.19. The molecule has 2 amide bonds. The summed E-state index contributed by atoms with van der Waals surface area (Å²) in [5.41, 5.74) is 11.0. The summed E-state index contributed by atoms with van der Waals surface area (Å²) in [5.74, 6) is -0.528. The molecule has 0 aliphatic rings. The number of nitrogens with zero attached hydrogens (tertiary/aromatic N) is 4. The van der Waals surface area contributed by atoms with Crippen LogP contribution in [0.25, 0.3) is 5.65 Å². The Kier molecular flexibility index (Phi) is 5.44. The van der Waals surface area contributed by atoms with E-state index in [2.05, 4.69) is 9.97 Å². The molecule has 28 heavy (non-hydrogen) atoms. The van der Waals surface area contributed by atoms with Gasteiger partial charge < -0.3 is 10.6 Å². The zero-order chi connectivity index (χ0) is 20.4. The second-order valence-electron chi connectivity index (χ2n) is 7.09. The summed E-state index contributed by atoms with van der Waals surface area (Å²) in [6.07, 6.45) is 2.50. The molecular weight excluding hydrogens is 354 g/mol. The van der Waals surface area contributed by atoms with Gasteiger partial charge in [0.25, 0.3) is 5.91 Å². The summed E-state index contributed by atoms with van der Waals surface area (Å²) >= 11 is 0. The van der Waals surface area contributed by atoms with Gasteiger partial charge in [0.2, 0.25) is 5.91 Å². The van der Waals surface area contributed by atoms with Crippen molar-refractivity contribution in [1.82, 2.24) is 19.3 Å². The quantitative estimate of drug-likeness (QED) is 0.711. The predicted octanol–water partition coefficient (Wildman–Crippen LogP) is 2.34. The van der Waals surface area contributed by atoms with E-state index in [1.165, 1.54) is 5.56 Å². The number of amides is 2. The Morgan fingerprint density at radius 2 is 1.89 bits per heavy atom. The SMILES string of the molecule is Cc1ccccc1CN(C)C(=O)CCc1c(C)nc2c(C(N)=O)ncn2c1C. The molecule has 2 aromatic heterocycles. The van der Waals surface area contributed by atoms with E-state index < -0.39 is 5.91 Å². The van der Waals surface area contributed by atoms with Crippen LogP contribution in [0.1, 0.15) is 45.0 Å². The molecule has 3 rings (SSSR count). The van der Waals surface area contributed by atoms with E-state index in [1.54, 1.807) is 15.6 Å². The lowest BCUT2D eigenvalue weighted by Crippen LogP contribution is -2.27.